The van der Waals surface area contributed by atoms with Gasteiger partial charge >= 0.3 is 12.1 Å². The summed E-state index contributed by atoms with van der Waals surface area (Å²) >= 11 is 0. The molecule has 11 nitrogen and oxygen atoms in total. The molecule has 0 bridgehead atoms. The first-order valence-corrected chi connectivity index (χ1v) is 14.2. The minimum Gasteiger partial charge on any atom is -0.480 e. The van der Waals surface area contributed by atoms with Gasteiger partial charge in [0.05, 0.1) is 0 Å². The molecule has 3 N–H and O–H groups in total. The molecule has 1 aliphatic heterocycles. The van der Waals surface area contributed by atoms with Gasteiger partial charge in [0.25, 0.3) is 0 Å². The number of benzene rings is 1. The molecule has 2 rings (SSSR count). The SMILES string of the molecule is CCC(C(=O)NC(C(=O)N1CC(C)CC1C(=O)NC(Cc1ccccc1)C(=O)O)C(C)C)N(C)C(=O)OC(C)(C)C. The third kappa shape index (κ3) is 9.47. The fourth-order valence-electron chi connectivity index (χ4n) is 4.89. The Morgan fingerprint density at radius 2 is 1.71 bits per heavy atom. The second kappa shape index (κ2) is 14.3. The third-order valence-corrected chi connectivity index (χ3v) is 7.06. The molecule has 0 aromatic heterocycles. The molecule has 1 aromatic carbocycles. The van der Waals surface area contributed by atoms with Gasteiger partial charge in [0.1, 0.15) is 29.8 Å². The van der Waals surface area contributed by atoms with E-state index in [2.05, 4.69) is 10.6 Å². The molecule has 228 valence electrons. The average molecular weight is 575 g/mol. The molecule has 4 amide bonds. The van der Waals surface area contributed by atoms with Crippen molar-refractivity contribution in [2.75, 3.05) is 13.6 Å². The van der Waals surface area contributed by atoms with Crippen molar-refractivity contribution >= 4 is 29.8 Å². The second-order valence-electron chi connectivity index (χ2n) is 12.2. The van der Waals surface area contributed by atoms with Crippen molar-refractivity contribution in [2.24, 2.45) is 11.8 Å². The van der Waals surface area contributed by atoms with E-state index in [4.69, 9.17) is 4.74 Å². The Hall–Kier alpha value is -3.63. The number of nitrogens with one attached hydrogen (secondary N) is 2. The van der Waals surface area contributed by atoms with Crippen LogP contribution in [0.4, 0.5) is 4.79 Å². The quantitative estimate of drug-likeness (QED) is 0.368. The highest BCUT2D eigenvalue weighted by Crippen LogP contribution is 2.25. The lowest BCUT2D eigenvalue weighted by molar-refractivity contribution is -0.145. The summed E-state index contributed by atoms with van der Waals surface area (Å²) in [6, 6.07) is 5.13. The van der Waals surface area contributed by atoms with E-state index in [9.17, 15) is 29.1 Å². The molecule has 0 radical (unpaired) electrons. The molecule has 1 fully saturated rings. The zero-order chi connectivity index (χ0) is 31.1. The number of hydrogen-bond donors (Lipinski definition) is 3. The lowest BCUT2D eigenvalue weighted by atomic mass is 10.0. The van der Waals surface area contributed by atoms with Gasteiger partial charge in [0.2, 0.25) is 17.7 Å². The summed E-state index contributed by atoms with van der Waals surface area (Å²) in [7, 11) is 1.48. The van der Waals surface area contributed by atoms with Gasteiger partial charge in [0, 0.05) is 20.0 Å². The number of aliphatic carboxylic acids is 1. The topological polar surface area (TPSA) is 145 Å². The van der Waals surface area contributed by atoms with E-state index in [-0.39, 0.29) is 18.3 Å². The zero-order valence-corrected chi connectivity index (χ0v) is 25.5. The van der Waals surface area contributed by atoms with E-state index in [0.717, 1.165) is 5.56 Å². The van der Waals surface area contributed by atoms with Crippen molar-refractivity contribution in [3.05, 3.63) is 35.9 Å². The number of rotatable bonds is 11. The molecule has 1 saturated heterocycles. The highest BCUT2D eigenvalue weighted by Gasteiger charge is 2.43. The number of hydrogen-bond acceptors (Lipinski definition) is 6. The van der Waals surface area contributed by atoms with Gasteiger partial charge in [-0.2, -0.15) is 0 Å². The van der Waals surface area contributed by atoms with Crippen LogP contribution in [0.15, 0.2) is 30.3 Å². The summed E-state index contributed by atoms with van der Waals surface area (Å²) in [6.45, 7) is 12.7. The van der Waals surface area contributed by atoms with E-state index in [1.807, 2.05) is 13.0 Å². The standard InChI is InChI=1S/C30H46N4O7/c1-9-22(33(8)29(40)41-30(5,6)7)25(35)32-24(18(2)3)27(37)34-17-19(4)15-23(34)26(36)31-21(28(38)39)16-20-13-11-10-12-14-20/h10-14,18-19,21-24H,9,15-17H2,1-8H3,(H,31,36)(H,32,35)(H,38,39). The number of amides is 4. The van der Waals surface area contributed by atoms with Crippen molar-refractivity contribution in [3.63, 3.8) is 0 Å². The molecule has 5 unspecified atom stereocenters. The largest absolute Gasteiger partial charge is 0.480 e. The number of ether oxygens (including phenoxy) is 1. The molecule has 1 heterocycles. The Kier molecular flexibility index (Phi) is 11.7. The lowest BCUT2D eigenvalue weighted by Crippen LogP contribution is -2.59. The number of carbonyl (C=O) groups is 5. The summed E-state index contributed by atoms with van der Waals surface area (Å²) in [6.07, 6.45) is 0.115. The normalized spacial score (nSPS) is 19.2. The fourth-order valence-corrected chi connectivity index (χ4v) is 4.89. The number of carbonyl (C=O) groups excluding carboxylic acids is 4. The lowest BCUT2D eigenvalue weighted by Gasteiger charge is -2.33. The molecular weight excluding hydrogens is 528 g/mol. The van der Waals surface area contributed by atoms with Crippen molar-refractivity contribution in [2.45, 2.75) is 97.5 Å². The first kappa shape index (κ1) is 33.6. The minimum atomic E-state index is -1.17. The van der Waals surface area contributed by atoms with Gasteiger partial charge in [0.15, 0.2) is 0 Å². The van der Waals surface area contributed by atoms with Crippen molar-refractivity contribution in [1.82, 2.24) is 20.4 Å². The van der Waals surface area contributed by atoms with Crippen molar-refractivity contribution < 1.29 is 33.8 Å². The molecule has 11 heteroatoms. The number of likely N-dealkylation sites (N-methyl/N-ethyl adjacent to an activating group) is 1. The first-order chi connectivity index (χ1) is 19.0. The molecule has 0 spiro atoms. The third-order valence-electron chi connectivity index (χ3n) is 7.06. The van der Waals surface area contributed by atoms with Crippen LogP contribution >= 0.6 is 0 Å². The average Bonchev–Trinajstić information content (AvgIpc) is 3.28. The van der Waals surface area contributed by atoms with Gasteiger partial charge in [-0.3, -0.25) is 19.3 Å². The maximum Gasteiger partial charge on any atom is 0.410 e. The summed E-state index contributed by atoms with van der Waals surface area (Å²) in [5, 5.41) is 15.2. The van der Waals surface area contributed by atoms with Crippen LogP contribution in [0.2, 0.25) is 0 Å². The van der Waals surface area contributed by atoms with Gasteiger partial charge in [-0.1, -0.05) is 58.0 Å². The fraction of sp³-hybridized carbons (Fsp3) is 0.633. The van der Waals surface area contributed by atoms with Gasteiger partial charge < -0.3 is 25.4 Å². The first-order valence-electron chi connectivity index (χ1n) is 14.2. The monoisotopic (exact) mass is 574 g/mol. The van der Waals surface area contributed by atoms with Crippen LogP contribution in [0.5, 0.6) is 0 Å². The highest BCUT2D eigenvalue weighted by molar-refractivity contribution is 5.95. The van der Waals surface area contributed by atoms with Crippen LogP contribution < -0.4 is 10.6 Å². The van der Waals surface area contributed by atoms with E-state index in [1.54, 1.807) is 65.8 Å². The maximum absolute atomic E-state index is 13.8. The molecule has 5 atom stereocenters. The van der Waals surface area contributed by atoms with Crippen LogP contribution in [0.1, 0.15) is 66.9 Å². The number of nitrogens with zero attached hydrogens (tertiary/aromatic N) is 2. The molecule has 41 heavy (non-hydrogen) atoms. The van der Waals surface area contributed by atoms with Crippen LogP contribution in [0.25, 0.3) is 0 Å². The summed E-state index contributed by atoms with van der Waals surface area (Å²) < 4.78 is 5.40. The predicted molar refractivity (Wildman–Crippen MR) is 154 cm³/mol. The number of likely N-dealkylation sites (tertiary alicyclic amines) is 1. The zero-order valence-electron chi connectivity index (χ0n) is 25.5. The van der Waals surface area contributed by atoms with Crippen LogP contribution in [-0.2, 0) is 30.3 Å². The molecule has 0 aliphatic carbocycles. The highest BCUT2D eigenvalue weighted by atomic mass is 16.6. The summed E-state index contributed by atoms with van der Waals surface area (Å²) in [5.74, 6) is -2.97. The van der Waals surface area contributed by atoms with Crippen LogP contribution in [0.3, 0.4) is 0 Å². The maximum atomic E-state index is 13.8. The predicted octanol–water partition coefficient (Wildman–Crippen LogP) is 2.82. The van der Waals surface area contributed by atoms with E-state index < -0.39 is 59.6 Å². The van der Waals surface area contributed by atoms with E-state index >= 15 is 0 Å². The Labute approximate surface area is 243 Å². The molecule has 1 aromatic rings. The molecule has 1 aliphatic rings. The summed E-state index contributed by atoms with van der Waals surface area (Å²) in [4.78, 5) is 67.7. The Morgan fingerprint density at radius 1 is 1.10 bits per heavy atom. The minimum absolute atomic E-state index is 0.00249. The van der Waals surface area contributed by atoms with Crippen molar-refractivity contribution in [1.29, 1.82) is 0 Å². The number of carboxylic acids is 1. The van der Waals surface area contributed by atoms with E-state index in [1.165, 1.54) is 16.8 Å². The van der Waals surface area contributed by atoms with E-state index in [0.29, 0.717) is 19.4 Å². The Morgan fingerprint density at radius 3 is 2.22 bits per heavy atom. The van der Waals surface area contributed by atoms with Crippen molar-refractivity contribution in [3.8, 4) is 0 Å². The van der Waals surface area contributed by atoms with Gasteiger partial charge in [-0.05, 0) is 51.0 Å². The van der Waals surface area contributed by atoms with Gasteiger partial charge in [-0.15, -0.1) is 0 Å². The second-order valence-corrected chi connectivity index (χ2v) is 12.2. The summed E-state index contributed by atoms with van der Waals surface area (Å²) in [5.41, 5.74) is 0.0246. The smallest absolute Gasteiger partial charge is 0.410 e. The van der Waals surface area contributed by atoms with Gasteiger partial charge in [-0.25, -0.2) is 9.59 Å². The molecule has 0 saturated carbocycles. The Bertz CT molecular complexity index is 1090. The molecular formula is C30H46N4O7. The van der Waals surface area contributed by atoms with Crippen LogP contribution in [-0.4, -0.2) is 88.1 Å². The number of carboxylic acid groups (broad SMARTS) is 1. The Balaban J connectivity index is 2.19. The van der Waals surface area contributed by atoms with Crippen LogP contribution in [0, 0.1) is 11.8 Å².